The molecule has 1 fully saturated rings. The average Bonchev–Trinajstić information content (AvgIpc) is 3.66. The Balaban J connectivity index is 1.44. The summed E-state index contributed by atoms with van der Waals surface area (Å²) in [5.41, 5.74) is 3.12. The molecule has 0 saturated heterocycles. The van der Waals surface area contributed by atoms with Crippen LogP contribution in [0.4, 0.5) is 5.82 Å². The normalized spacial score (nSPS) is 15.3. The third-order valence-electron chi connectivity index (χ3n) is 6.17. The van der Waals surface area contributed by atoms with Gasteiger partial charge < -0.3 is 10.6 Å². The Bertz CT molecular complexity index is 1170. The van der Waals surface area contributed by atoms with E-state index in [0.717, 1.165) is 29.0 Å². The van der Waals surface area contributed by atoms with Crippen LogP contribution in [0.1, 0.15) is 42.5 Å². The highest BCUT2D eigenvalue weighted by Crippen LogP contribution is 2.48. The Morgan fingerprint density at radius 2 is 1.89 bits per heavy atom. The Morgan fingerprint density at radius 3 is 2.51 bits per heavy atom. The van der Waals surface area contributed by atoms with E-state index in [-0.39, 0.29) is 11.3 Å². The number of rotatable bonds is 10. The molecule has 4 rings (SSSR count). The Labute approximate surface area is 211 Å². The molecule has 0 radical (unpaired) electrons. The summed E-state index contributed by atoms with van der Waals surface area (Å²) in [6.07, 6.45) is 9.37. The van der Waals surface area contributed by atoms with Crippen molar-refractivity contribution in [1.82, 2.24) is 15.3 Å². The number of hydrogen-bond donors (Lipinski definition) is 2. The lowest BCUT2D eigenvalue weighted by atomic mass is 9.95. The molecule has 1 heterocycles. The van der Waals surface area contributed by atoms with Gasteiger partial charge in [0.1, 0.15) is 11.9 Å². The van der Waals surface area contributed by atoms with Crippen molar-refractivity contribution in [2.75, 3.05) is 18.9 Å². The van der Waals surface area contributed by atoms with Gasteiger partial charge in [-0.1, -0.05) is 54.1 Å². The minimum Gasteiger partial charge on any atom is -0.309 e. The molecule has 0 spiro atoms. The molecule has 1 aromatic heterocycles. The number of carbonyl (C=O) groups is 1. The number of nitrogens with one attached hydrogen (secondary N) is 2. The van der Waals surface area contributed by atoms with Gasteiger partial charge in [-0.3, -0.25) is 9.80 Å². The quantitative estimate of drug-likeness (QED) is 0.286. The molecule has 2 N–H and O–H groups in total. The lowest BCUT2D eigenvalue weighted by Gasteiger charge is -2.23. The van der Waals surface area contributed by atoms with E-state index in [0.29, 0.717) is 12.4 Å². The molecule has 6 nitrogen and oxygen atoms in total. The number of amides is 1. The molecule has 3 aromatic rings. The second kappa shape index (κ2) is 11.3. The number of aromatic nitrogens is 1. The number of pyridine rings is 1. The van der Waals surface area contributed by atoms with E-state index in [1.807, 2.05) is 74.8 Å². The molecule has 1 aliphatic carbocycles. The maximum atomic E-state index is 13.3. The molecule has 2 aromatic carbocycles. The first-order chi connectivity index (χ1) is 17.0. The zero-order valence-corrected chi connectivity index (χ0v) is 20.7. The molecule has 1 aliphatic rings. The average molecular weight is 488 g/mol. The first-order valence-electron chi connectivity index (χ1n) is 11.7. The van der Waals surface area contributed by atoms with E-state index in [2.05, 4.69) is 32.9 Å². The molecular formula is C28H30ClN5O. The van der Waals surface area contributed by atoms with E-state index < -0.39 is 6.04 Å². The summed E-state index contributed by atoms with van der Waals surface area (Å²) >= 11 is 6.08. The van der Waals surface area contributed by atoms with Crippen molar-refractivity contribution >= 4 is 35.6 Å². The van der Waals surface area contributed by atoms with Gasteiger partial charge >= 0.3 is 0 Å². The van der Waals surface area contributed by atoms with Crippen molar-refractivity contribution in [3.8, 4) is 0 Å². The van der Waals surface area contributed by atoms with Crippen LogP contribution in [0.5, 0.6) is 0 Å². The first-order valence-corrected chi connectivity index (χ1v) is 12.1. The van der Waals surface area contributed by atoms with E-state index in [1.165, 1.54) is 5.56 Å². The summed E-state index contributed by atoms with van der Waals surface area (Å²) in [5, 5.41) is 13.1. The fourth-order valence-corrected chi connectivity index (χ4v) is 4.14. The molecule has 1 atom stereocenters. The van der Waals surface area contributed by atoms with Crippen LogP contribution in [0, 0.1) is 0 Å². The summed E-state index contributed by atoms with van der Waals surface area (Å²) in [4.78, 5) is 17.8. The third-order valence-corrected chi connectivity index (χ3v) is 6.42. The number of halogens is 1. The smallest absolute Gasteiger partial charge is 0.247 e. The standard InChI is InChI=1S/C28H30ClN5O/c1-3-32-34(2)18-15-21-9-14-25(30-19-21)33-27(35)26(22-7-5-4-6-8-22)31-20-28(16-17-28)23-10-12-24(29)13-11-23/h3-15,18-19,26,31H,16-17,20H2,1-2H3,(H,30,33,35)/b18-15+,32-3-. The van der Waals surface area contributed by atoms with Crippen molar-refractivity contribution in [2.45, 2.75) is 31.2 Å². The van der Waals surface area contributed by atoms with Crippen LogP contribution in [-0.4, -0.2) is 35.7 Å². The second-order valence-electron chi connectivity index (χ2n) is 8.74. The maximum Gasteiger partial charge on any atom is 0.247 e. The summed E-state index contributed by atoms with van der Waals surface area (Å²) in [5.74, 6) is 0.365. The highest BCUT2D eigenvalue weighted by Gasteiger charge is 2.44. The lowest BCUT2D eigenvalue weighted by molar-refractivity contribution is -0.118. The van der Waals surface area contributed by atoms with Crippen LogP contribution in [0.3, 0.4) is 0 Å². The van der Waals surface area contributed by atoms with Crippen molar-refractivity contribution in [3.05, 3.63) is 101 Å². The zero-order valence-electron chi connectivity index (χ0n) is 20.0. The number of hydrogen-bond acceptors (Lipinski definition) is 5. The van der Waals surface area contributed by atoms with Gasteiger partial charge in [0, 0.05) is 42.6 Å². The van der Waals surface area contributed by atoms with E-state index >= 15 is 0 Å². The lowest BCUT2D eigenvalue weighted by Crippen LogP contribution is -2.37. The summed E-state index contributed by atoms with van der Waals surface area (Å²) < 4.78 is 0. The SMILES string of the molecule is C/C=N\N(C)/C=C/c1ccc(NC(=O)C(NCC2(c3ccc(Cl)cc3)CC2)c2ccccc2)nc1. The van der Waals surface area contributed by atoms with Crippen LogP contribution < -0.4 is 10.6 Å². The van der Waals surface area contributed by atoms with Gasteiger partial charge in [0.25, 0.3) is 0 Å². The molecule has 35 heavy (non-hydrogen) atoms. The van der Waals surface area contributed by atoms with Gasteiger partial charge in [-0.05, 0) is 66.8 Å². The van der Waals surface area contributed by atoms with Gasteiger partial charge in [-0.25, -0.2) is 4.98 Å². The number of nitrogens with zero attached hydrogens (tertiary/aromatic N) is 3. The summed E-state index contributed by atoms with van der Waals surface area (Å²) in [6, 6.07) is 21.0. The fourth-order valence-electron chi connectivity index (χ4n) is 4.02. The van der Waals surface area contributed by atoms with E-state index in [1.54, 1.807) is 23.5 Å². The third kappa shape index (κ3) is 6.56. The molecular weight excluding hydrogens is 458 g/mol. The minimum absolute atomic E-state index is 0.0408. The Kier molecular flexibility index (Phi) is 7.95. The fraction of sp³-hybridized carbons (Fsp3) is 0.250. The first kappa shape index (κ1) is 24.6. The van der Waals surface area contributed by atoms with Gasteiger partial charge in [0.05, 0.1) is 0 Å². The monoisotopic (exact) mass is 487 g/mol. The van der Waals surface area contributed by atoms with Crippen LogP contribution in [-0.2, 0) is 10.2 Å². The number of benzene rings is 2. The van der Waals surface area contributed by atoms with Gasteiger partial charge in [0.15, 0.2) is 0 Å². The highest BCUT2D eigenvalue weighted by atomic mass is 35.5. The van der Waals surface area contributed by atoms with Crippen molar-refractivity contribution in [2.24, 2.45) is 5.10 Å². The van der Waals surface area contributed by atoms with E-state index in [9.17, 15) is 4.79 Å². The van der Waals surface area contributed by atoms with Crippen LogP contribution in [0.15, 0.2) is 84.2 Å². The van der Waals surface area contributed by atoms with Crippen LogP contribution in [0.25, 0.3) is 6.08 Å². The van der Waals surface area contributed by atoms with Gasteiger partial charge in [-0.2, -0.15) is 5.10 Å². The van der Waals surface area contributed by atoms with Gasteiger partial charge in [-0.15, -0.1) is 0 Å². The summed E-state index contributed by atoms with van der Waals surface area (Å²) in [7, 11) is 1.86. The van der Waals surface area contributed by atoms with Crippen LogP contribution >= 0.6 is 11.6 Å². The number of carbonyl (C=O) groups excluding carboxylic acids is 1. The molecule has 0 aliphatic heterocycles. The van der Waals surface area contributed by atoms with Crippen molar-refractivity contribution < 1.29 is 4.79 Å². The summed E-state index contributed by atoms with van der Waals surface area (Å²) in [6.45, 7) is 2.57. The highest BCUT2D eigenvalue weighted by molar-refractivity contribution is 6.30. The Hall–Kier alpha value is -3.48. The largest absolute Gasteiger partial charge is 0.309 e. The predicted octanol–water partition coefficient (Wildman–Crippen LogP) is 5.64. The van der Waals surface area contributed by atoms with Crippen LogP contribution in [0.2, 0.25) is 5.02 Å². The Morgan fingerprint density at radius 1 is 1.14 bits per heavy atom. The molecule has 1 unspecified atom stereocenters. The van der Waals surface area contributed by atoms with Gasteiger partial charge in [0.2, 0.25) is 5.91 Å². The zero-order chi connectivity index (χ0) is 24.7. The molecule has 180 valence electrons. The minimum atomic E-state index is -0.497. The molecule has 1 amide bonds. The van der Waals surface area contributed by atoms with E-state index in [4.69, 9.17) is 11.6 Å². The van der Waals surface area contributed by atoms with Crippen molar-refractivity contribution in [1.29, 1.82) is 0 Å². The topological polar surface area (TPSA) is 69.6 Å². The second-order valence-corrected chi connectivity index (χ2v) is 9.18. The van der Waals surface area contributed by atoms with Crippen molar-refractivity contribution in [3.63, 3.8) is 0 Å². The number of hydrazone groups is 1. The molecule has 7 heteroatoms. The molecule has 0 bridgehead atoms. The maximum absolute atomic E-state index is 13.3. The predicted molar refractivity (Wildman–Crippen MR) is 143 cm³/mol. The number of anilines is 1. The molecule has 1 saturated carbocycles.